The number of benzene rings is 2. The summed E-state index contributed by atoms with van der Waals surface area (Å²) in [5.41, 5.74) is 2.88. The van der Waals surface area contributed by atoms with E-state index in [0.717, 1.165) is 31.5 Å². The van der Waals surface area contributed by atoms with Gasteiger partial charge in [-0.1, -0.05) is 29.8 Å². The second kappa shape index (κ2) is 8.96. The van der Waals surface area contributed by atoms with Crippen molar-refractivity contribution in [2.24, 2.45) is 0 Å². The third kappa shape index (κ3) is 4.00. The zero-order valence-corrected chi connectivity index (χ0v) is 19.6. The van der Waals surface area contributed by atoms with Gasteiger partial charge in [0.2, 0.25) is 0 Å². The number of imide groups is 1. The highest BCUT2D eigenvalue weighted by Gasteiger charge is 2.43. The minimum Gasteiger partial charge on any atom is -0.497 e. The molecule has 7 heteroatoms. The van der Waals surface area contributed by atoms with E-state index in [1.165, 1.54) is 4.90 Å². The van der Waals surface area contributed by atoms with Crippen LogP contribution in [0, 0.1) is 6.92 Å². The molecule has 1 fully saturated rings. The van der Waals surface area contributed by atoms with Crippen LogP contribution >= 0.6 is 11.6 Å². The lowest BCUT2D eigenvalue weighted by molar-refractivity contribution is -0.120. The summed E-state index contributed by atoms with van der Waals surface area (Å²) in [6, 6.07) is 12.7. The second-order valence-corrected chi connectivity index (χ2v) is 8.91. The van der Waals surface area contributed by atoms with Gasteiger partial charge in [-0.05, 0) is 75.3 Å². The van der Waals surface area contributed by atoms with Gasteiger partial charge in [0, 0.05) is 18.1 Å². The van der Waals surface area contributed by atoms with E-state index in [1.807, 2.05) is 37.1 Å². The Labute approximate surface area is 194 Å². The van der Waals surface area contributed by atoms with Crippen LogP contribution in [-0.4, -0.2) is 62.0 Å². The van der Waals surface area contributed by atoms with Gasteiger partial charge in [0.05, 0.1) is 18.4 Å². The van der Waals surface area contributed by atoms with E-state index in [4.69, 9.17) is 16.3 Å². The van der Waals surface area contributed by atoms with E-state index in [2.05, 4.69) is 11.9 Å². The number of halogens is 1. The summed E-state index contributed by atoms with van der Waals surface area (Å²) < 4.78 is 5.27. The normalized spacial score (nSPS) is 18.0. The predicted octanol–water partition coefficient (Wildman–Crippen LogP) is 3.97. The summed E-state index contributed by atoms with van der Waals surface area (Å²) in [6.07, 6.45) is 1.87. The summed E-state index contributed by atoms with van der Waals surface area (Å²) in [7, 11) is 5.63. The van der Waals surface area contributed by atoms with Gasteiger partial charge in [-0.25, -0.2) is 4.90 Å². The van der Waals surface area contributed by atoms with Gasteiger partial charge >= 0.3 is 0 Å². The van der Waals surface area contributed by atoms with E-state index in [-0.39, 0.29) is 17.9 Å². The van der Waals surface area contributed by atoms with E-state index in [1.54, 1.807) is 31.4 Å². The van der Waals surface area contributed by atoms with Crippen molar-refractivity contribution >= 4 is 34.7 Å². The summed E-state index contributed by atoms with van der Waals surface area (Å²) in [4.78, 5) is 33.0. The number of carbonyl (C=O) groups is 2. The molecule has 0 bridgehead atoms. The molecule has 0 N–H and O–H groups in total. The third-order valence-corrected chi connectivity index (χ3v) is 6.67. The fraction of sp³-hybridized carbons (Fsp3) is 0.360. The fourth-order valence-electron chi connectivity index (χ4n) is 4.47. The van der Waals surface area contributed by atoms with E-state index >= 15 is 0 Å². The molecular weight excluding hydrogens is 426 g/mol. The number of aryl methyl sites for hydroxylation is 1. The Morgan fingerprint density at radius 2 is 1.69 bits per heavy atom. The summed E-state index contributed by atoms with van der Waals surface area (Å²) >= 11 is 6.22. The molecule has 2 amide bonds. The number of hydrogen-bond acceptors (Lipinski definition) is 5. The average molecular weight is 454 g/mol. The maximum Gasteiger partial charge on any atom is 0.282 e. The van der Waals surface area contributed by atoms with Crippen LogP contribution in [0.3, 0.4) is 0 Å². The topological polar surface area (TPSA) is 53.1 Å². The number of carbonyl (C=O) groups excluding carboxylic acids is 2. The fourth-order valence-corrected chi connectivity index (χ4v) is 4.64. The first-order valence-corrected chi connectivity index (χ1v) is 11.1. The molecule has 4 rings (SSSR count). The minimum atomic E-state index is -0.333. The lowest BCUT2D eigenvalue weighted by Crippen LogP contribution is -2.43. The van der Waals surface area contributed by atoms with Crippen molar-refractivity contribution in [3.8, 4) is 5.75 Å². The number of nitrogens with zero attached hydrogens (tertiary/aromatic N) is 3. The molecular formula is C25H28ClN3O3. The lowest BCUT2D eigenvalue weighted by atomic mass is 10.00. The number of methoxy groups -OCH3 is 1. The first-order valence-electron chi connectivity index (χ1n) is 10.8. The van der Waals surface area contributed by atoms with Crippen molar-refractivity contribution in [3.05, 3.63) is 64.3 Å². The van der Waals surface area contributed by atoms with Crippen molar-refractivity contribution in [1.82, 2.24) is 9.80 Å². The van der Waals surface area contributed by atoms with Crippen molar-refractivity contribution in [2.75, 3.05) is 39.2 Å². The van der Waals surface area contributed by atoms with Crippen LogP contribution in [0.15, 0.2) is 48.2 Å². The largest absolute Gasteiger partial charge is 0.497 e. The van der Waals surface area contributed by atoms with Crippen LogP contribution in [0.2, 0.25) is 5.02 Å². The average Bonchev–Trinajstić information content (AvgIpc) is 3.05. The molecule has 0 unspecified atom stereocenters. The molecule has 2 aliphatic rings. The number of rotatable bonds is 5. The lowest BCUT2D eigenvalue weighted by Gasteiger charge is -2.36. The van der Waals surface area contributed by atoms with Crippen molar-refractivity contribution < 1.29 is 14.3 Å². The Bertz CT molecular complexity index is 1070. The van der Waals surface area contributed by atoms with Crippen LogP contribution in [0.1, 0.15) is 24.0 Å². The van der Waals surface area contributed by atoms with Gasteiger partial charge in [-0.2, -0.15) is 0 Å². The molecule has 0 atom stereocenters. The van der Waals surface area contributed by atoms with Gasteiger partial charge in [0.15, 0.2) is 0 Å². The van der Waals surface area contributed by atoms with Crippen molar-refractivity contribution in [1.29, 1.82) is 0 Å². The molecule has 0 saturated carbocycles. The quantitative estimate of drug-likeness (QED) is 0.641. The number of amides is 2. The molecule has 0 aliphatic carbocycles. The highest BCUT2D eigenvalue weighted by atomic mass is 35.5. The Kier molecular flexibility index (Phi) is 6.26. The Morgan fingerprint density at radius 3 is 2.31 bits per heavy atom. The van der Waals surface area contributed by atoms with Crippen LogP contribution in [0.5, 0.6) is 5.75 Å². The number of piperidine rings is 1. The van der Waals surface area contributed by atoms with Gasteiger partial charge in [0.25, 0.3) is 11.8 Å². The summed E-state index contributed by atoms with van der Waals surface area (Å²) in [5.74, 6) is 0.0480. The van der Waals surface area contributed by atoms with Crippen molar-refractivity contribution in [2.45, 2.75) is 25.8 Å². The molecule has 32 heavy (non-hydrogen) atoms. The van der Waals surface area contributed by atoms with Crippen LogP contribution in [0.4, 0.5) is 5.69 Å². The highest BCUT2D eigenvalue weighted by molar-refractivity contribution is 6.45. The molecule has 1 saturated heterocycles. The third-order valence-electron chi connectivity index (χ3n) is 6.44. The smallest absolute Gasteiger partial charge is 0.282 e. The molecule has 2 heterocycles. The molecule has 2 aliphatic heterocycles. The molecule has 168 valence electrons. The first-order chi connectivity index (χ1) is 15.3. The number of anilines is 1. The molecule has 0 spiro atoms. The Morgan fingerprint density at radius 1 is 1.03 bits per heavy atom. The SMILES string of the molecule is COc1ccc(C2=C(N(C)C3CCN(C)CC3)C(=O)N(c3cc(Cl)ccc3C)C2=O)cc1. The van der Waals surface area contributed by atoms with Crippen LogP contribution < -0.4 is 9.64 Å². The molecule has 2 aromatic rings. The second-order valence-electron chi connectivity index (χ2n) is 8.47. The standard InChI is InChI=1S/C25H28ClN3O3/c1-16-5-8-18(26)15-21(16)29-24(30)22(17-6-9-20(32-4)10-7-17)23(25(29)31)28(3)19-11-13-27(2)14-12-19/h5-10,15,19H,11-14H2,1-4H3. The van der Waals surface area contributed by atoms with Gasteiger partial charge in [0.1, 0.15) is 11.4 Å². The van der Waals surface area contributed by atoms with E-state index < -0.39 is 0 Å². The van der Waals surface area contributed by atoms with E-state index in [0.29, 0.717) is 33.3 Å². The van der Waals surface area contributed by atoms with Crippen LogP contribution in [-0.2, 0) is 9.59 Å². The van der Waals surface area contributed by atoms with E-state index in [9.17, 15) is 9.59 Å². The molecule has 0 aromatic heterocycles. The molecule has 2 aromatic carbocycles. The minimum absolute atomic E-state index is 0.187. The molecule has 0 radical (unpaired) electrons. The number of hydrogen-bond donors (Lipinski definition) is 0. The highest BCUT2D eigenvalue weighted by Crippen LogP contribution is 2.38. The van der Waals surface area contributed by atoms with Gasteiger partial charge < -0.3 is 14.5 Å². The summed E-state index contributed by atoms with van der Waals surface area (Å²) in [5, 5.41) is 0.481. The maximum absolute atomic E-state index is 13.8. The Balaban J connectivity index is 1.81. The van der Waals surface area contributed by atoms with Crippen molar-refractivity contribution in [3.63, 3.8) is 0 Å². The Hall–Kier alpha value is -2.83. The number of likely N-dealkylation sites (tertiary alicyclic amines) is 1. The predicted molar refractivity (Wildman–Crippen MR) is 127 cm³/mol. The zero-order valence-electron chi connectivity index (χ0n) is 18.9. The molecule has 6 nitrogen and oxygen atoms in total. The van der Waals surface area contributed by atoms with Crippen LogP contribution in [0.25, 0.3) is 5.57 Å². The number of ether oxygens (including phenoxy) is 1. The number of likely N-dealkylation sites (N-methyl/N-ethyl adjacent to an activating group) is 1. The first kappa shape index (κ1) is 22.4. The maximum atomic E-state index is 13.8. The monoisotopic (exact) mass is 453 g/mol. The van der Waals surface area contributed by atoms with Gasteiger partial charge in [-0.3, -0.25) is 9.59 Å². The zero-order chi connectivity index (χ0) is 23.0. The summed E-state index contributed by atoms with van der Waals surface area (Å²) in [6.45, 7) is 3.79. The van der Waals surface area contributed by atoms with Gasteiger partial charge in [-0.15, -0.1) is 0 Å².